The average molecular weight is 251 g/mol. The maximum Gasteiger partial charge on any atom is 0.573 e. The van der Waals surface area contributed by atoms with Crippen LogP contribution in [0.5, 0.6) is 11.6 Å². The first kappa shape index (κ1) is 13.1. The van der Waals surface area contributed by atoms with Crippen LogP contribution in [-0.4, -0.2) is 29.5 Å². The van der Waals surface area contributed by atoms with Gasteiger partial charge in [-0.3, -0.25) is 0 Å². The molecule has 17 heavy (non-hydrogen) atoms. The first-order valence-electron chi connectivity index (χ1n) is 4.29. The standard InChI is InChI=1S/C9H8F3NO4/c1-4-6(17-9(10,11)12)5(8(14)15)3-13-7(4)16-2/h3H,1-2H3,(H,14,15). The fourth-order valence-electron chi connectivity index (χ4n) is 1.18. The SMILES string of the molecule is COc1ncc(C(=O)O)c(OC(F)(F)F)c1C. The number of carboxylic acid groups (broad SMARTS) is 1. The molecule has 0 saturated carbocycles. The van der Waals surface area contributed by atoms with Crippen molar-refractivity contribution in [2.75, 3.05) is 7.11 Å². The van der Waals surface area contributed by atoms with Gasteiger partial charge in [-0.1, -0.05) is 0 Å². The summed E-state index contributed by atoms with van der Waals surface area (Å²) in [4.78, 5) is 14.3. The van der Waals surface area contributed by atoms with Crippen molar-refractivity contribution in [3.05, 3.63) is 17.3 Å². The maximum atomic E-state index is 12.1. The number of hydrogen-bond acceptors (Lipinski definition) is 4. The summed E-state index contributed by atoms with van der Waals surface area (Å²) in [7, 11) is 1.20. The summed E-state index contributed by atoms with van der Waals surface area (Å²) in [6, 6.07) is 0. The molecule has 0 saturated heterocycles. The average Bonchev–Trinajstić information content (AvgIpc) is 2.18. The number of alkyl halides is 3. The summed E-state index contributed by atoms with van der Waals surface area (Å²) in [5.41, 5.74) is -0.814. The molecule has 1 heterocycles. The Morgan fingerprint density at radius 3 is 2.47 bits per heavy atom. The Morgan fingerprint density at radius 2 is 2.06 bits per heavy atom. The minimum absolute atomic E-state index is 0.130. The molecule has 0 bridgehead atoms. The summed E-state index contributed by atoms with van der Waals surface area (Å²) in [5.74, 6) is -2.52. The number of halogens is 3. The molecule has 0 fully saturated rings. The number of nitrogens with zero attached hydrogens (tertiary/aromatic N) is 1. The lowest BCUT2D eigenvalue weighted by Crippen LogP contribution is -2.20. The summed E-state index contributed by atoms with van der Waals surface area (Å²) in [6.45, 7) is 1.22. The van der Waals surface area contributed by atoms with Crippen molar-refractivity contribution in [3.8, 4) is 11.6 Å². The van der Waals surface area contributed by atoms with Gasteiger partial charge in [0.15, 0.2) is 5.75 Å². The van der Waals surface area contributed by atoms with Gasteiger partial charge in [0, 0.05) is 6.20 Å². The summed E-state index contributed by atoms with van der Waals surface area (Å²) < 4.78 is 44.7. The van der Waals surface area contributed by atoms with E-state index >= 15 is 0 Å². The molecule has 0 radical (unpaired) electrons. The Bertz CT molecular complexity index is 445. The van der Waals surface area contributed by atoms with Crippen molar-refractivity contribution in [2.24, 2.45) is 0 Å². The quantitative estimate of drug-likeness (QED) is 0.889. The summed E-state index contributed by atoms with van der Waals surface area (Å²) in [5, 5.41) is 8.72. The van der Waals surface area contributed by atoms with Gasteiger partial charge in [0.05, 0.1) is 12.7 Å². The summed E-state index contributed by atoms with van der Waals surface area (Å²) >= 11 is 0. The van der Waals surface area contributed by atoms with E-state index in [0.29, 0.717) is 0 Å². The predicted molar refractivity (Wildman–Crippen MR) is 49.2 cm³/mol. The van der Waals surface area contributed by atoms with E-state index in [1.807, 2.05) is 0 Å². The van der Waals surface area contributed by atoms with Crippen molar-refractivity contribution in [3.63, 3.8) is 0 Å². The molecular formula is C9H8F3NO4. The molecule has 0 amide bonds. The molecule has 0 aliphatic heterocycles. The number of hydrogen-bond donors (Lipinski definition) is 1. The molecule has 0 aromatic carbocycles. The van der Waals surface area contributed by atoms with Crippen LogP contribution in [-0.2, 0) is 0 Å². The van der Waals surface area contributed by atoms with Crippen molar-refractivity contribution in [1.82, 2.24) is 4.98 Å². The fourth-order valence-corrected chi connectivity index (χ4v) is 1.18. The Kier molecular flexibility index (Phi) is 3.45. The number of carbonyl (C=O) groups is 1. The molecule has 0 unspecified atom stereocenters. The zero-order valence-electron chi connectivity index (χ0n) is 8.83. The zero-order valence-corrected chi connectivity index (χ0v) is 8.83. The van der Waals surface area contributed by atoms with E-state index in [-0.39, 0.29) is 11.4 Å². The van der Waals surface area contributed by atoms with Crippen LogP contribution in [0.3, 0.4) is 0 Å². The van der Waals surface area contributed by atoms with E-state index in [1.165, 1.54) is 14.0 Å². The Morgan fingerprint density at radius 1 is 1.47 bits per heavy atom. The van der Waals surface area contributed by atoms with Crippen LogP contribution in [0.4, 0.5) is 13.2 Å². The highest BCUT2D eigenvalue weighted by atomic mass is 19.4. The van der Waals surface area contributed by atoms with Gasteiger partial charge in [-0.2, -0.15) is 0 Å². The molecule has 0 aliphatic carbocycles. The molecule has 1 N–H and O–H groups in total. The first-order chi connectivity index (χ1) is 7.76. The van der Waals surface area contributed by atoms with Crippen molar-refractivity contribution in [2.45, 2.75) is 13.3 Å². The minimum atomic E-state index is -4.98. The van der Waals surface area contributed by atoms with Crippen molar-refractivity contribution >= 4 is 5.97 Å². The van der Waals surface area contributed by atoms with Gasteiger partial charge < -0.3 is 14.6 Å². The van der Waals surface area contributed by atoms with Crippen molar-refractivity contribution in [1.29, 1.82) is 0 Å². The van der Waals surface area contributed by atoms with Crippen molar-refractivity contribution < 1.29 is 32.5 Å². The third-order valence-electron chi connectivity index (χ3n) is 1.86. The molecule has 1 aromatic rings. The highest BCUT2D eigenvalue weighted by Gasteiger charge is 2.34. The third kappa shape index (κ3) is 2.99. The Hall–Kier alpha value is -1.99. The second kappa shape index (κ2) is 4.48. The second-order valence-corrected chi connectivity index (χ2v) is 2.99. The molecule has 1 aromatic heterocycles. The van der Waals surface area contributed by atoms with Gasteiger partial charge in [-0.05, 0) is 6.92 Å². The number of ether oxygens (including phenoxy) is 2. The second-order valence-electron chi connectivity index (χ2n) is 2.99. The lowest BCUT2D eigenvalue weighted by molar-refractivity contribution is -0.275. The van der Waals surface area contributed by atoms with Gasteiger partial charge in [-0.15, -0.1) is 13.2 Å². The van der Waals surface area contributed by atoms with Crippen LogP contribution >= 0.6 is 0 Å². The van der Waals surface area contributed by atoms with Crippen LogP contribution in [0, 0.1) is 6.92 Å². The largest absolute Gasteiger partial charge is 0.573 e. The number of aromatic carboxylic acids is 1. The number of carboxylic acids is 1. The van der Waals surface area contributed by atoms with E-state index in [9.17, 15) is 18.0 Å². The maximum absolute atomic E-state index is 12.1. The number of rotatable bonds is 3. The fraction of sp³-hybridized carbons (Fsp3) is 0.333. The van der Waals surface area contributed by atoms with Crippen LogP contribution in [0.2, 0.25) is 0 Å². The van der Waals surface area contributed by atoms with Gasteiger partial charge in [-0.25, -0.2) is 9.78 Å². The van der Waals surface area contributed by atoms with Gasteiger partial charge in [0.2, 0.25) is 5.88 Å². The lowest BCUT2D eigenvalue weighted by atomic mass is 10.2. The smallest absolute Gasteiger partial charge is 0.481 e. The van der Waals surface area contributed by atoms with Crippen LogP contribution < -0.4 is 9.47 Å². The number of methoxy groups -OCH3 is 1. The van der Waals surface area contributed by atoms with Crippen LogP contribution in [0.1, 0.15) is 15.9 Å². The van der Waals surface area contributed by atoms with E-state index in [1.54, 1.807) is 0 Å². The lowest BCUT2D eigenvalue weighted by Gasteiger charge is -2.14. The molecule has 0 spiro atoms. The Balaban J connectivity index is 3.35. The number of pyridine rings is 1. The van der Waals surface area contributed by atoms with E-state index < -0.39 is 23.6 Å². The summed E-state index contributed by atoms with van der Waals surface area (Å²) in [6.07, 6.45) is -4.24. The molecule has 5 nitrogen and oxygen atoms in total. The monoisotopic (exact) mass is 251 g/mol. The Labute approximate surface area is 93.8 Å². The van der Waals surface area contributed by atoms with Crippen LogP contribution in [0.25, 0.3) is 0 Å². The zero-order chi connectivity index (χ0) is 13.2. The molecule has 94 valence electrons. The number of aromatic nitrogens is 1. The van der Waals surface area contributed by atoms with Gasteiger partial charge in [0.25, 0.3) is 0 Å². The molecular weight excluding hydrogens is 243 g/mol. The molecule has 1 rings (SSSR count). The topological polar surface area (TPSA) is 68.7 Å². The molecule has 8 heteroatoms. The first-order valence-corrected chi connectivity index (χ1v) is 4.29. The highest BCUT2D eigenvalue weighted by molar-refractivity contribution is 5.91. The van der Waals surface area contributed by atoms with Gasteiger partial charge >= 0.3 is 12.3 Å². The van der Waals surface area contributed by atoms with E-state index in [2.05, 4.69) is 14.5 Å². The third-order valence-corrected chi connectivity index (χ3v) is 1.86. The molecule has 0 aliphatic rings. The van der Waals surface area contributed by atoms with Gasteiger partial charge in [0.1, 0.15) is 5.56 Å². The minimum Gasteiger partial charge on any atom is -0.481 e. The van der Waals surface area contributed by atoms with E-state index in [4.69, 9.17) is 5.11 Å². The normalized spacial score (nSPS) is 11.1. The molecule has 0 atom stereocenters. The highest BCUT2D eigenvalue weighted by Crippen LogP contribution is 2.33. The predicted octanol–water partition coefficient (Wildman–Crippen LogP) is 2.00. The van der Waals surface area contributed by atoms with E-state index in [0.717, 1.165) is 6.20 Å². The van der Waals surface area contributed by atoms with Crippen LogP contribution in [0.15, 0.2) is 6.20 Å².